The molecular weight excluding hydrogens is 408 g/mol. The van der Waals surface area contributed by atoms with E-state index in [1.807, 2.05) is 0 Å². The summed E-state index contributed by atoms with van der Waals surface area (Å²) in [5.74, 6) is 0. The van der Waals surface area contributed by atoms with Crippen molar-refractivity contribution in [2.75, 3.05) is 0 Å². The number of hydrogen-bond acceptors (Lipinski definition) is 0. The summed E-state index contributed by atoms with van der Waals surface area (Å²) in [4.78, 5) is 0. The normalized spacial score (nSPS) is 13.4. The van der Waals surface area contributed by atoms with Crippen molar-refractivity contribution < 1.29 is 0 Å². The van der Waals surface area contributed by atoms with Gasteiger partial charge < -0.3 is 0 Å². The van der Waals surface area contributed by atoms with Crippen molar-refractivity contribution in [1.29, 1.82) is 0 Å². The van der Waals surface area contributed by atoms with Gasteiger partial charge in [0.15, 0.2) is 0 Å². The smallest absolute Gasteiger partial charge is 0.00131 e. The van der Waals surface area contributed by atoms with Gasteiger partial charge in [0, 0.05) is 0 Å². The van der Waals surface area contributed by atoms with Gasteiger partial charge in [0.05, 0.1) is 0 Å². The zero-order valence-electron chi connectivity index (χ0n) is 20.1. The third-order valence-electron chi connectivity index (χ3n) is 7.48. The number of aryl methyl sites for hydroxylation is 2. The monoisotopic (exact) mass is 438 g/mol. The number of fused-ring (bicyclic) bond motifs is 6. The molecule has 0 aromatic heterocycles. The average molecular weight is 439 g/mol. The fraction of sp³-hybridized carbons (Fsp3) is 0.176. The second-order valence-electron chi connectivity index (χ2n) is 9.52. The zero-order valence-corrected chi connectivity index (χ0v) is 20.1. The molecule has 2 aliphatic carbocycles. The Balaban J connectivity index is 1.30. The number of rotatable bonds is 5. The molecule has 0 atom stereocenters. The topological polar surface area (TPSA) is 0 Å². The highest BCUT2D eigenvalue weighted by Crippen LogP contribution is 2.41. The molecule has 0 amide bonds. The highest BCUT2D eigenvalue weighted by atomic mass is 14.3. The molecular formula is C34H30. The predicted octanol–water partition coefficient (Wildman–Crippen LogP) is 8.68. The molecule has 0 spiro atoms. The molecule has 6 rings (SSSR count). The van der Waals surface area contributed by atoms with Crippen LogP contribution < -0.4 is 0 Å². The lowest BCUT2D eigenvalue weighted by Crippen LogP contribution is -1.85. The molecule has 0 nitrogen and oxygen atoms in total. The van der Waals surface area contributed by atoms with Gasteiger partial charge >= 0.3 is 0 Å². The minimum Gasteiger partial charge on any atom is -0.0616 e. The summed E-state index contributed by atoms with van der Waals surface area (Å²) in [5, 5.41) is 0. The summed E-state index contributed by atoms with van der Waals surface area (Å²) in [7, 11) is 0. The van der Waals surface area contributed by atoms with Gasteiger partial charge in [-0.25, -0.2) is 0 Å². The van der Waals surface area contributed by atoms with Crippen molar-refractivity contribution in [2.24, 2.45) is 0 Å². The first kappa shape index (κ1) is 20.9. The molecule has 4 aromatic rings. The third kappa shape index (κ3) is 3.55. The Morgan fingerprint density at radius 1 is 0.559 bits per heavy atom. The van der Waals surface area contributed by atoms with Crippen LogP contribution in [-0.4, -0.2) is 0 Å². The lowest BCUT2D eigenvalue weighted by Gasteiger charge is -2.07. The first-order chi connectivity index (χ1) is 16.7. The lowest BCUT2D eigenvalue weighted by molar-refractivity contribution is 1.12. The zero-order chi connectivity index (χ0) is 23.1. The highest BCUT2D eigenvalue weighted by Gasteiger charge is 2.21. The Bertz CT molecular complexity index is 1350. The van der Waals surface area contributed by atoms with Gasteiger partial charge in [-0.05, 0) is 92.4 Å². The lowest BCUT2D eigenvalue weighted by atomic mass is 9.97. The fourth-order valence-corrected chi connectivity index (χ4v) is 5.71. The molecule has 0 N–H and O–H groups in total. The molecule has 0 radical (unpaired) electrons. The minimum absolute atomic E-state index is 1.05. The number of hydrogen-bond donors (Lipinski definition) is 0. The molecule has 2 aliphatic rings. The molecule has 0 unspecified atom stereocenters. The Morgan fingerprint density at radius 2 is 1.03 bits per heavy atom. The van der Waals surface area contributed by atoms with Crippen LogP contribution in [0.15, 0.2) is 84.9 Å². The second-order valence-corrected chi connectivity index (χ2v) is 9.52. The quantitative estimate of drug-likeness (QED) is 0.236. The molecule has 4 aromatic carbocycles. The van der Waals surface area contributed by atoms with Crippen molar-refractivity contribution in [3.8, 4) is 22.3 Å². The van der Waals surface area contributed by atoms with Crippen molar-refractivity contribution >= 4 is 12.2 Å². The van der Waals surface area contributed by atoms with Crippen LogP contribution in [0.25, 0.3) is 34.4 Å². The van der Waals surface area contributed by atoms with Crippen molar-refractivity contribution in [3.63, 3.8) is 0 Å². The molecule has 0 fully saturated rings. The van der Waals surface area contributed by atoms with Crippen LogP contribution in [0.4, 0.5) is 0 Å². The van der Waals surface area contributed by atoms with Crippen LogP contribution in [0, 0.1) is 0 Å². The van der Waals surface area contributed by atoms with E-state index in [0.29, 0.717) is 0 Å². The molecule has 166 valence electrons. The Morgan fingerprint density at radius 3 is 1.47 bits per heavy atom. The number of allylic oxidation sites excluding steroid dienone is 2. The molecule has 34 heavy (non-hydrogen) atoms. The fourth-order valence-electron chi connectivity index (χ4n) is 5.71. The van der Waals surface area contributed by atoms with Crippen LogP contribution in [0.3, 0.4) is 0 Å². The van der Waals surface area contributed by atoms with E-state index in [1.165, 1.54) is 66.8 Å². The van der Waals surface area contributed by atoms with Crippen LogP contribution in [0.1, 0.15) is 58.4 Å². The van der Waals surface area contributed by atoms with Crippen LogP contribution in [0.2, 0.25) is 0 Å². The maximum absolute atomic E-state index is 2.39. The summed E-state index contributed by atoms with van der Waals surface area (Å²) < 4.78 is 0. The van der Waals surface area contributed by atoms with Gasteiger partial charge in [0.25, 0.3) is 0 Å². The summed E-state index contributed by atoms with van der Waals surface area (Å²) in [6, 6.07) is 27.4. The maximum Gasteiger partial charge on any atom is -0.00131 e. The Kier molecular flexibility index (Phi) is 5.30. The SMILES string of the molecule is CCc1ccc2c(c1)Cc1cccc(/C=C/C=C/c3cccc4c3-c3ccc(CC)cc3C4)c1-2. The van der Waals surface area contributed by atoms with Gasteiger partial charge in [-0.3, -0.25) is 0 Å². The molecule has 0 saturated carbocycles. The minimum atomic E-state index is 1.05. The van der Waals surface area contributed by atoms with E-state index in [4.69, 9.17) is 0 Å². The average Bonchev–Trinajstić information content (AvgIpc) is 3.44. The molecule has 0 heterocycles. The first-order valence-electron chi connectivity index (χ1n) is 12.6. The maximum atomic E-state index is 2.39. The standard InChI is InChI=1S/C34H30/c1-3-23-15-17-31-29(19-23)21-27-13-7-11-25(33(27)31)9-5-6-10-26-12-8-14-28-22-30-20-24(4-2)16-18-32(30)34(26)28/h5-20H,3-4,21-22H2,1-2H3/b9-5+,10-6+. The van der Waals surface area contributed by atoms with Crippen LogP contribution >= 0.6 is 0 Å². The summed E-state index contributed by atoms with van der Waals surface area (Å²) in [5.41, 5.74) is 16.9. The van der Waals surface area contributed by atoms with Crippen LogP contribution in [0.5, 0.6) is 0 Å². The van der Waals surface area contributed by atoms with E-state index < -0.39 is 0 Å². The van der Waals surface area contributed by atoms with Crippen molar-refractivity contribution in [1.82, 2.24) is 0 Å². The van der Waals surface area contributed by atoms with E-state index in [2.05, 4.69) is 111 Å². The summed E-state index contributed by atoms with van der Waals surface area (Å²) >= 11 is 0. The van der Waals surface area contributed by atoms with Crippen molar-refractivity contribution in [2.45, 2.75) is 39.5 Å². The highest BCUT2D eigenvalue weighted by molar-refractivity contribution is 5.86. The van der Waals surface area contributed by atoms with Gasteiger partial charge in [-0.2, -0.15) is 0 Å². The van der Waals surface area contributed by atoms with Crippen molar-refractivity contribution in [3.05, 3.63) is 129 Å². The van der Waals surface area contributed by atoms with Gasteiger partial charge in [-0.15, -0.1) is 0 Å². The number of benzene rings is 4. The third-order valence-corrected chi connectivity index (χ3v) is 7.48. The van der Waals surface area contributed by atoms with E-state index in [1.54, 1.807) is 0 Å². The first-order valence-corrected chi connectivity index (χ1v) is 12.6. The molecule has 0 aliphatic heterocycles. The second kappa shape index (κ2) is 8.61. The van der Waals surface area contributed by atoms with E-state index >= 15 is 0 Å². The molecule has 0 heteroatoms. The van der Waals surface area contributed by atoms with Crippen LogP contribution in [-0.2, 0) is 25.7 Å². The predicted molar refractivity (Wildman–Crippen MR) is 146 cm³/mol. The Labute approximate surface area is 203 Å². The van der Waals surface area contributed by atoms with E-state index in [0.717, 1.165) is 25.7 Å². The summed E-state index contributed by atoms with van der Waals surface area (Å²) in [6.07, 6.45) is 13.2. The Hall–Kier alpha value is -3.64. The van der Waals surface area contributed by atoms with Gasteiger partial charge in [0.2, 0.25) is 0 Å². The largest absolute Gasteiger partial charge is 0.0616 e. The van der Waals surface area contributed by atoms with E-state index in [9.17, 15) is 0 Å². The molecule has 0 bridgehead atoms. The summed E-state index contributed by atoms with van der Waals surface area (Å²) in [6.45, 7) is 4.46. The van der Waals surface area contributed by atoms with Gasteiger partial charge in [-0.1, -0.05) is 111 Å². The van der Waals surface area contributed by atoms with Gasteiger partial charge in [0.1, 0.15) is 0 Å². The molecule has 0 saturated heterocycles. The van der Waals surface area contributed by atoms with E-state index in [-0.39, 0.29) is 0 Å².